The Morgan fingerprint density at radius 2 is 1.70 bits per heavy atom. The van der Waals surface area contributed by atoms with Gasteiger partial charge in [0.25, 0.3) is 11.1 Å². The molecule has 1 heterocycles. The first kappa shape index (κ1) is 20.5. The fourth-order valence-electron chi connectivity index (χ4n) is 2.89. The summed E-state index contributed by atoms with van der Waals surface area (Å²) in [6.07, 6.45) is 1.69. The van der Waals surface area contributed by atoms with E-state index in [0.29, 0.717) is 33.0 Å². The zero-order chi connectivity index (χ0) is 21.1. The van der Waals surface area contributed by atoms with Gasteiger partial charge in [0.2, 0.25) is 0 Å². The Balaban J connectivity index is 1.46. The number of imide groups is 1. The first-order valence-corrected chi connectivity index (χ1v) is 10.6. The summed E-state index contributed by atoms with van der Waals surface area (Å²) in [6, 6.07) is 21.4. The lowest BCUT2D eigenvalue weighted by Crippen LogP contribution is -2.27. The van der Waals surface area contributed by atoms with Crippen molar-refractivity contribution in [3.8, 4) is 5.75 Å². The van der Waals surface area contributed by atoms with Crippen LogP contribution in [0.2, 0.25) is 10.0 Å². The lowest BCUT2D eigenvalue weighted by Gasteiger charge is -2.12. The molecule has 3 aromatic carbocycles. The highest BCUT2D eigenvalue weighted by Gasteiger charge is 2.36. The third-order valence-electron chi connectivity index (χ3n) is 4.39. The second kappa shape index (κ2) is 8.96. The van der Waals surface area contributed by atoms with Crippen LogP contribution in [0.15, 0.2) is 77.7 Å². The summed E-state index contributed by atoms with van der Waals surface area (Å²) in [7, 11) is 0. The number of nitrogens with zero attached hydrogens (tertiary/aromatic N) is 1. The molecule has 1 saturated heterocycles. The smallest absolute Gasteiger partial charge is 0.298 e. The number of carbonyl (C=O) groups is 2. The Kier molecular flexibility index (Phi) is 6.13. The molecule has 1 aliphatic heterocycles. The summed E-state index contributed by atoms with van der Waals surface area (Å²) in [4.78, 5) is 26.6. The van der Waals surface area contributed by atoms with Crippen molar-refractivity contribution in [1.29, 1.82) is 0 Å². The fourth-order valence-corrected chi connectivity index (χ4v) is 4.11. The van der Waals surface area contributed by atoms with E-state index >= 15 is 0 Å². The van der Waals surface area contributed by atoms with E-state index in [2.05, 4.69) is 0 Å². The highest BCUT2D eigenvalue weighted by molar-refractivity contribution is 8.19. The summed E-state index contributed by atoms with van der Waals surface area (Å²) >= 11 is 13.0. The topological polar surface area (TPSA) is 46.6 Å². The van der Waals surface area contributed by atoms with Crippen LogP contribution < -0.4 is 9.64 Å². The molecule has 1 fully saturated rings. The minimum Gasteiger partial charge on any atom is -0.489 e. The molecule has 150 valence electrons. The predicted octanol–water partition coefficient (Wildman–Crippen LogP) is 6.81. The van der Waals surface area contributed by atoms with Crippen molar-refractivity contribution in [2.24, 2.45) is 0 Å². The Hall–Kier alpha value is -2.73. The Labute approximate surface area is 188 Å². The van der Waals surface area contributed by atoms with Gasteiger partial charge in [0, 0.05) is 15.6 Å². The number of thioether (sulfide) groups is 1. The first-order valence-electron chi connectivity index (χ1n) is 9.01. The molecule has 0 aliphatic carbocycles. The van der Waals surface area contributed by atoms with Crippen molar-refractivity contribution in [2.75, 3.05) is 4.90 Å². The molecule has 3 aromatic rings. The van der Waals surface area contributed by atoms with E-state index in [1.807, 2.05) is 48.5 Å². The highest BCUT2D eigenvalue weighted by atomic mass is 35.5. The molecule has 4 nitrogen and oxygen atoms in total. The van der Waals surface area contributed by atoms with E-state index in [0.717, 1.165) is 27.8 Å². The lowest BCUT2D eigenvalue weighted by atomic mass is 10.2. The van der Waals surface area contributed by atoms with Crippen LogP contribution in [-0.2, 0) is 11.4 Å². The van der Waals surface area contributed by atoms with E-state index in [4.69, 9.17) is 27.9 Å². The van der Waals surface area contributed by atoms with Crippen LogP contribution >= 0.6 is 35.0 Å². The van der Waals surface area contributed by atoms with Gasteiger partial charge >= 0.3 is 0 Å². The van der Waals surface area contributed by atoms with Crippen molar-refractivity contribution >= 4 is 57.9 Å². The van der Waals surface area contributed by atoms with Crippen LogP contribution in [-0.4, -0.2) is 11.1 Å². The Morgan fingerprint density at radius 3 is 2.43 bits per heavy atom. The molecule has 0 spiro atoms. The zero-order valence-electron chi connectivity index (χ0n) is 15.5. The molecule has 0 saturated carbocycles. The third-order valence-corrected chi connectivity index (χ3v) is 5.86. The van der Waals surface area contributed by atoms with Crippen molar-refractivity contribution in [1.82, 2.24) is 0 Å². The van der Waals surface area contributed by atoms with Crippen LogP contribution in [0.1, 0.15) is 11.1 Å². The summed E-state index contributed by atoms with van der Waals surface area (Å²) < 4.78 is 5.77. The summed E-state index contributed by atoms with van der Waals surface area (Å²) in [5.41, 5.74) is 2.14. The quantitative estimate of drug-likeness (QED) is 0.396. The molecule has 2 amide bonds. The molecule has 7 heteroatoms. The largest absolute Gasteiger partial charge is 0.489 e. The normalized spacial score (nSPS) is 15.1. The monoisotopic (exact) mass is 455 g/mol. The molecular weight excluding hydrogens is 441 g/mol. The maximum Gasteiger partial charge on any atom is 0.298 e. The van der Waals surface area contributed by atoms with E-state index in [9.17, 15) is 9.59 Å². The number of rotatable bonds is 5. The number of hydrogen-bond acceptors (Lipinski definition) is 4. The van der Waals surface area contributed by atoms with Crippen molar-refractivity contribution < 1.29 is 14.3 Å². The van der Waals surface area contributed by atoms with E-state index in [-0.39, 0.29) is 11.1 Å². The van der Waals surface area contributed by atoms with Gasteiger partial charge in [-0.3, -0.25) is 9.59 Å². The van der Waals surface area contributed by atoms with Gasteiger partial charge in [0.15, 0.2) is 0 Å². The number of benzene rings is 3. The maximum absolute atomic E-state index is 12.7. The van der Waals surface area contributed by atoms with Crippen LogP contribution in [0.5, 0.6) is 5.75 Å². The summed E-state index contributed by atoms with van der Waals surface area (Å²) in [5, 5.41) is 0.765. The molecule has 4 rings (SSSR count). The van der Waals surface area contributed by atoms with Gasteiger partial charge in [0.1, 0.15) is 12.4 Å². The molecule has 0 bridgehead atoms. The minimum atomic E-state index is -0.369. The molecular formula is C23H15Cl2NO3S. The van der Waals surface area contributed by atoms with Crippen molar-refractivity contribution in [2.45, 2.75) is 6.61 Å². The third kappa shape index (κ3) is 4.54. The molecule has 0 radical (unpaired) electrons. The average molecular weight is 456 g/mol. The number of amides is 2. The number of halogens is 2. The van der Waals surface area contributed by atoms with Crippen molar-refractivity contribution in [3.63, 3.8) is 0 Å². The standard InChI is InChI=1S/C23H15Cl2NO3S/c24-17-5-3-6-18(13-17)26-22(27)21(30-23(26)28)12-15-8-10-19(11-9-15)29-14-16-4-1-2-7-20(16)25/h1-13H,14H2/b21-12-. The lowest BCUT2D eigenvalue weighted by molar-refractivity contribution is -0.113. The average Bonchev–Trinajstić information content (AvgIpc) is 3.01. The summed E-state index contributed by atoms with van der Waals surface area (Å²) in [6.45, 7) is 0.359. The van der Waals surface area contributed by atoms with Crippen LogP contribution in [0.3, 0.4) is 0 Å². The van der Waals surface area contributed by atoms with Gasteiger partial charge in [-0.2, -0.15) is 0 Å². The second-order valence-electron chi connectivity index (χ2n) is 6.45. The van der Waals surface area contributed by atoms with E-state index in [1.54, 1.807) is 30.3 Å². The van der Waals surface area contributed by atoms with Gasteiger partial charge < -0.3 is 4.74 Å². The van der Waals surface area contributed by atoms with Gasteiger partial charge in [-0.1, -0.05) is 59.6 Å². The Morgan fingerprint density at radius 1 is 0.933 bits per heavy atom. The Bertz CT molecular complexity index is 1150. The summed E-state index contributed by atoms with van der Waals surface area (Å²) in [5.74, 6) is 0.311. The first-order chi connectivity index (χ1) is 14.5. The minimum absolute atomic E-state index is 0.352. The maximum atomic E-state index is 12.7. The number of hydrogen-bond donors (Lipinski definition) is 0. The van der Waals surface area contributed by atoms with Crippen LogP contribution in [0.4, 0.5) is 10.5 Å². The predicted molar refractivity (Wildman–Crippen MR) is 122 cm³/mol. The van der Waals surface area contributed by atoms with Crippen LogP contribution in [0, 0.1) is 0 Å². The number of ether oxygens (including phenoxy) is 1. The molecule has 0 N–H and O–H groups in total. The molecule has 0 unspecified atom stereocenters. The molecule has 0 aromatic heterocycles. The van der Waals surface area contributed by atoms with Crippen molar-refractivity contribution in [3.05, 3.63) is 98.9 Å². The second-order valence-corrected chi connectivity index (χ2v) is 8.28. The van der Waals surface area contributed by atoms with Gasteiger partial charge in [0.05, 0.1) is 10.6 Å². The number of carbonyl (C=O) groups excluding carboxylic acids is 2. The molecule has 1 aliphatic rings. The van der Waals surface area contributed by atoms with Gasteiger partial charge in [-0.15, -0.1) is 0 Å². The highest BCUT2D eigenvalue weighted by Crippen LogP contribution is 2.36. The van der Waals surface area contributed by atoms with Gasteiger partial charge in [-0.05, 0) is 59.8 Å². The number of anilines is 1. The van der Waals surface area contributed by atoms with E-state index < -0.39 is 0 Å². The molecule has 0 atom stereocenters. The van der Waals surface area contributed by atoms with Gasteiger partial charge in [-0.25, -0.2) is 4.90 Å². The van der Waals surface area contributed by atoms with E-state index in [1.165, 1.54) is 0 Å². The zero-order valence-corrected chi connectivity index (χ0v) is 17.9. The van der Waals surface area contributed by atoms with Crippen LogP contribution in [0.25, 0.3) is 6.08 Å². The molecule has 30 heavy (non-hydrogen) atoms. The SMILES string of the molecule is O=C1S/C(=C\c2ccc(OCc3ccccc3Cl)cc2)C(=O)N1c1cccc(Cl)c1. The fraction of sp³-hybridized carbons (Fsp3) is 0.0435.